The molecule has 3 aromatic rings. The van der Waals surface area contributed by atoms with Gasteiger partial charge in [0.05, 0.1) is 6.54 Å². The average molecular weight is 432 g/mol. The van der Waals surface area contributed by atoms with Gasteiger partial charge in [0, 0.05) is 13.3 Å². The number of carbonyl (C=O) groups is 1. The molecule has 7 nitrogen and oxygen atoms in total. The van der Waals surface area contributed by atoms with Crippen LogP contribution in [0.2, 0.25) is 0 Å². The molecule has 1 aromatic carbocycles. The molecule has 142 valence electrons. The van der Waals surface area contributed by atoms with Crippen LogP contribution in [0.3, 0.4) is 0 Å². The van der Waals surface area contributed by atoms with Gasteiger partial charge in [-0.25, -0.2) is 15.0 Å². The number of fused-ring (bicyclic) bond motifs is 1. The van der Waals surface area contributed by atoms with Crippen molar-refractivity contribution in [2.75, 3.05) is 5.73 Å². The molecular formula is C19H22BrN5O2. The SMILES string of the molecule is CCCCc1nc(N)c2nc(Br)n(Cc3ccc(COC(C)=O)cc3)c2n1. The second kappa shape index (κ2) is 8.47. The molecule has 0 saturated heterocycles. The number of nitrogens with two attached hydrogens (primary N) is 1. The molecule has 0 saturated carbocycles. The van der Waals surface area contributed by atoms with E-state index in [0.29, 0.717) is 22.6 Å². The molecule has 0 bridgehead atoms. The third kappa shape index (κ3) is 4.63. The standard InChI is InChI=1S/C19H22BrN5O2/c1-3-4-5-15-22-17(21)16-18(23-15)25(19(20)24-16)10-13-6-8-14(9-7-13)11-27-12(2)26/h6-9H,3-5,10-11H2,1-2H3,(H2,21,22,23). The highest BCUT2D eigenvalue weighted by Gasteiger charge is 2.15. The van der Waals surface area contributed by atoms with Crippen LogP contribution in [-0.2, 0) is 29.1 Å². The summed E-state index contributed by atoms with van der Waals surface area (Å²) < 4.78 is 7.65. The molecule has 0 amide bonds. The molecule has 8 heteroatoms. The molecule has 2 N–H and O–H groups in total. The van der Waals surface area contributed by atoms with Crippen molar-refractivity contribution in [2.24, 2.45) is 0 Å². The van der Waals surface area contributed by atoms with Gasteiger partial charge in [-0.1, -0.05) is 37.6 Å². The maximum atomic E-state index is 10.9. The van der Waals surface area contributed by atoms with E-state index < -0.39 is 0 Å². The number of rotatable bonds is 7. The lowest BCUT2D eigenvalue weighted by atomic mass is 10.1. The van der Waals surface area contributed by atoms with Crippen molar-refractivity contribution < 1.29 is 9.53 Å². The van der Waals surface area contributed by atoms with Crippen LogP contribution in [0.1, 0.15) is 43.6 Å². The topological polar surface area (TPSA) is 95.9 Å². The van der Waals surface area contributed by atoms with Crippen molar-refractivity contribution in [3.8, 4) is 0 Å². The zero-order valence-electron chi connectivity index (χ0n) is 15.4. The van der Waals surface area contributed by atoms with Gasteiger partial charge in [0.2, 0.25) is 0 Å². The van der Waals surface area contributed by atoms with Crippen LogP contribution in [0.5, 0.6) is 0 Å². The van der Waals surface area contributed by atoms with Gasteiger partial charge in [-0.05, 0) is 33.5 Å². The van der Waals surface area contributed by atoms with Crippen LogP contribution < -0.4 is 5.73 Å². The summed E-state index contributed by atoms with van der Waals surface area (Å²) in [7, 11) is 0. The molecule has 0 aliphatic rings. The Balaban J connectivity index is 1.86. The first kappa shape index (κ1) is 19.3. The number of carbonyl (C=O) groups excluding carboxylic acids is 1. The molecule has 27 heavy (non-hydrogen) atoms. The number of hydrogen-bond donors (Lipinski definition) is 1. The number of aryl methyl sites for hydroxylation is 1. The molecule has 0 aliphatic heterocycles. The number of benzene rings is 1. The Labute approximate surface area is 166 Å². The van der Waals surface area contributed by atoms with E-state index in [2.05, 4.69) is 37.8 Å². The van der Waals surface area contributed by atoms with E-state index in [4.69, 9.17) is 10.5 Å². The highest BCUT2D eigenvalue weighted by atomic mass is 79.9. The number of ether oxygens (including phenoxy) is 1. The Morgan fingerprint density at radius 1 is 1.19 bits per heavy atom. The van der Waals surface area contributed by atoms with Crippen molar-refractivity contribution in [3.63, 3.8) is 0 Å². The van der Waals surface area contributed by atoms with Gasteiger partial charge in [0.15, 0.2) is 21.7 Å². The summed E-state index contributed by atoms with van der Waals surface area (Å²) in [5.74, 6) is 0.860. The molecule has 3 rings (SSSR count). The Bertz CT molecular complexity index is 953. The Hall–Kier alpha value is -2.48. The fourth-order valence-corrected chi connectivity index (χ4v) is 3.21. The maximum Gasteiger partial charge on any atom is 0.302 e. The van der Waals surface area contributed by atoms with Crippen LogP contribution in [-0.4, -0.2) is 25.5 Å². The van der Waals surface area contributed by atoms with Gasteiger partial charge in [0.1, 0.15) is 12.4 Å². The van der Waals surface area contributed by atoms with Gasteiger partial charge >= 0.3 is 5.97 Å². The summed E-state index contributed by atoms with van der Waals surface area (Å²) in [6.07, 6.45) is 2.89. The van der Waals surface area contributed by atoms with E-state index >= 15 is 0 Å². The van der Waals surface area contributed by atoms with Gasteiger partial charge in [-0.3, -0.25) is 9.36 Å². The van der Waals surface area contributed by atoms with E-state index in [9.17, 15) is 4.79 Å². The summed E-state index contributed by atoms with van der Waals surface area (Å²) in [6.45, 7) is 4.40. The molecule has 0 radical (unpaired) electrons. The lowest BCUT2D eigenvalue weighted by Gasteiger charge is -2.08. The predicted molar refractivity (Wildman–Crippen MR) is 107 cm³/mol. The summed E-state index contributed by atoms with van der Waals surface area (Å²) in [4.78, 5) is 24.4. The molecule has 0 fully saturated rings. The van der Waals surface area contributed by atoms with Crippen molar-refractivity contribution in [1.82, 2.24) is 19.5 Å². The third-order valence-electron chi connectivity index (χ3n) is 4.18. The minimum Gasteiger partial charge on any atom is -0.461 e. The van der Waals surface area contributed by atoms with E-state index in [1.807, 2.05) is 28.8 Å². The third-order valence-corrected chi connectivity index (χ3v) is 4.79. The molecule has 0 aliphatic carbocycles. The summed E-state index contributed by atoms with van der Waals surface area (Å²) in [5.41, 5.74) is 9.44. The van der Waals surface area contributed by atoms with Crippen LogP contribution in [0.25, 0.3) is 11.2 Å². The van der Waals surface area contributed by atoms with E-state index in [0.717, 1.165) is 41.9 Å². The second-order valence-corrected chi connectivity index (χ2v) is 7.07. The second-order valence-electron chi connectivity index (χ2n) is 6.36. The van der Waals surface area contributed by atoms with Crippen molar-refractivity contribution in [3.05, 3.63) is 46.0 Å². The number of hydrogen-bond acceptors (Lipinski definition) is 6. The first-order chi connectivity index (χ1) is 13.0. The van der Waals surface area contributed by atoms with Crippen molar-refractivity contribution >= 4 is 38.9 Å². The lowest BCUT2D eigenvalue weighted by molar-refractivity contribution is -0.142. The van der Waals surface area contributed by atoms with E-state index in [1.165, 1.54) is 6.92 Å². The van der Waals surface area contributed by atoms with Crippen molar-refractivity contribution in [2.45, 2.75) is 46.3 Å². The van der Waals surface area contributed by atoms with Crippen LogP contribution in [0.4, 0.5) is 5.82 Å². The first-order valence-corrected chi connectivity index (χ1v) is 9.66. The van der Waals surface area contributed by atoms with Gasteiger partial charge in [-0.2, -0.15) is 0 Å². The Morgan fingerprint density at radius 2 is 1.89 bits per heavy atom. The van der Waals surface area contributed by atoms with Crippen molar-refractivity contribution in [1.29, 1.82) is 0 Å². The molecule has 2 aromatic heterocycles. The quantitative estimate of drug-likeness (QED) is 0.453. The zero-order valence-corrected chi connectivity index (χ0v) is 17.0. The number of nitrogens with zero attached hydrogens (tertiary/aromatic N) is 4. The molecule has 0 spiro atoms. The summed E-state index contributed by atoms with van der Waals surface area (Å²) in [5, 5.41) is 0. The molecular weight excluding hydrogens is 410 g/mol. The lowest BCUT2D eigenvalue weighted by Crippen LogP contribution is -2.06. The summed E-state index contributed by atoms with van der Waals surface area (Å²) in [6, 6.07) is 7.89. The summed E-state index contributed by atoms with van der Waals surface area (Å²) >= 11 is 3.50. The minimum absolute atomic E-state index is 0.276. The predicted octanol–water partition coefficient (Wildman–Crippen LogP) is 3.63. The van der Waals surface area contributed by atoms with E-state index in [-0.39, 0.29) is 12.6 Å². The molecule has 0 unspecified atom stereocenters. The maximum absolute atomic E-state index is 10.9. The number of aromatic nitrogens is 4. The van der Waals surface area contributed by atoms with E-state index in [1.54, 1.807) is 0 Å². The Kier molecular flexibility index (Phi) is 6.05. The Morgan fingerprint density at radius 3 is 2.56 bits per heavy atom. The van der Waals surface area contributed by atoms with Gasteiger partial charge in [0.25, 0.3) is 0 Å². The first-order valence-electron chi connectivity index (χ1n) is 8.87. The number of esters is 1. The largest absolute Gasteiger partial charge is 0.461 e. The van der Waals surface area contributed by atoms with Crippen LogP contribution >= 0.6 is 15.9 Å². The van der Waals surface area contributed by atoms with Crippen LogP contribution in [0.15, 0.2) is 29.0 Å². The molecule has 2 heterocycles. The highest BCUT2D eigenvalue weighted by Crippen LogP contribution is 2.24. The molecule has 0 atom stereocenters. The zero-order chi connectivity index (χ0) is 19.4. The fraction of sp³-hybridized carbons (Fsp3) is 0.368. The fourth-order valence-electron chi connectivity index (χ4n) is 2.74. The highest BCUT2D eigenvalue weighted by molar-refractivity contribution is 9.10. The van der Waals surface area contributed by atoms with Gasteiger partial charge < -0.3 is 10.5 Å². The normalized spacial score (nSPS) is 11.1. The smallest absolute Gasteiger partial charge is 0.302 e. The van der Waals surface area contributed by atoms with Crippen LogP contribution in [0, 0.1) is 0 Å². The number of unbranched alkanes of at least 4 members (excludes halogenated alkanes) is 1. The monoisotopic (exact) mass is 431 g/mol. The van der Waals surface area contributed by atoms with Gasteiger partial charge in [-0.15, -0.1) is 0 Å². The average Bonchev–Trinajstić information content (AvgIpc) is 2.96. The number of halogens is 1. The minimum atomic E-state index is -0.288. The number of anilines is 1. The number of imidazole rings is 1. The number of nitrogen functional groups attached to an aromatic ring is 1.